The molecule has 3 N–H and O–H groups in total. The number of aryl methyl sites for hydroxylation is 3. The molecule has 0 fully saturated rings. The van der Waals surface area contributed by atoms with Gasteiger partial charge in [-0.2, -0.15) is 5.10 Å². The van der Waals surface area contributed by atoms with Crippen LogP contribution in [0.1, 0.15) is 34.2 Å². The Morgan fingerprint density at radius 2 is 2.11 bits per heavy atom. The summed E-state index contributed by atoms with van der Waals surface area (Å²) in [4.78, 5) is 15.9. The average Bonchev–Trinajstić information content (AvgIpc) is 3.38. The Morgan fingerprint density at radius 3 is 2.85 bits per heavy atom. The number of fused-ring (bicyclic) bond motifs is 1. The summed E-state index contributed by atoms with van der Waals surface area (Å²) in [6.07, 6.45) is 2.93. The zero-order valence-electron chi connectivity index (χ0n) is 15.8. The number of nitrogens with zero attached hydrogens (tertiary/aromatic N) is 2. The fourth-order valence-corrected chi connectivity index (χ4v) is 3.47. The van der Waals surface area contributed by atoms with E-state index >= 15 is 0 Å². The number of hydrogen-bond acceptors (Lipinski definition) is 2. The van der Waals surface area contributed by atoms with Crippen LogP contribution in [0.15, 0.2) is 42.6 Å². The first-order valence-electron chi connectivity index (χ1n) is 9.12. The van der Waals surface area contributed by atoms with Crippen molar-refractivity contribution >= 4 is 16.8 Å². The van der Waals surface area contributed by atoms with Gasteiger partial charge in [0.05, 0.1) is 5.69 Å². The molecule has 0 atom stereocenters. The Kier molecular flexibility index (Phi) is 4.32. The summed E-state index contributed by atoms with van der Waals surface area (Å²) in [6, 6.07) is 12.0. The van der Waals surface area contributed by atoms with E-state index in [0.717, 1.165) is 28.9 Å². The number of aromatic nitrogens is 4. The van der Waals surface area contributed by atoms with Crippen LogP contribution in [-0.4, -0.2) is 25.7 Å². The van der Waals surface area contributed by atoms with Crippen LogP contribution < -0.4 is 5.32 Å². The third kappa shape index (κ3) is 3.14. The molecule has 138 valence electrons. The highest BCUT2D eigenvalue weighted by Gasteiger charge is 2.13. The van der Waals surface area contributed by atoms with Crippen LogP contribution in [0.5, 0.6) is 0 Å². The number of carbonyl (C=O) groups excluding carboxylic acids is 1. The first-order valence-corrected chi connectivity index (χ1v) is 9.12. The van der Waals surface area contributed by atoms with Gasteiger partial charge in [0.1, 0.15) is 11.4 Å². The number of H-pyrrole nitrogens is 2. The Bertz CT molecular complexity index is 1110. The highest BCUT2D eigenvalue weighted by Crippen LogP contribution is 2.23. The van der Waals surface area contributed by atoms with E-state index in [9.17, 15) is 4.79 Å². The van der Waals surface area contributed by atoms with Gasteiger partial charge in [-0.05, 0) is 54.8 Å². The molecule has 0 saturated heterocycles. The summed E-state index contributed by atoms with van der Waals surface area (Å²) in [5, 5.41) is 11.3. The lowest BCUT2D eigenvalue weighted by Gasteiger charge is -2.04. The summed E-state index contributed by atoms with van der Waals surface area (Å²) in [5.41, 5.74) is 6.93. The monoisotopic (exact) mass is 361 g/mol. The van der Waals surface area contributed by atoms with Gasteiger partial charge in [-0.1, -0.05) is 13.0 Å². The minimum atomic E-state index is -0.164. The Morgan fingerprint density at radius 1 is 1.26 bits per heavy atom. The maximum atomic E-state index is 12.5. The molecule has 0 radical (unpaired) electrons. The van der Waals surface area contributed by atoms with Gasteiger partial charge in [0, 0.05) is 36.4 Å². The van der Waals surface area contributed by atoms with Crippen molar-refractivity contribution in [3.8, 4) is 11.4 Å². The molecule has 0 aliphatic carbocycles. The molecule has 1 amide bonds. The molecule has 3 aromatic heterocycles. The van der Waals surface area contributed by atoms with E-state index in [1.54, 1.807) is 6.07 Å². The van der Waals surface area contributed by atoms with E-state index in [1.165, 1.54) is 16.6 Å². The number of amides is 1. The third-order valence-corrected chi connectivity index (χ3v) is 5.06. The van der Waals surface area contributed by atoms with Gasteiger partial charge in [0.2, 0.25) is 0 Å². The summed E-state index contributed by atoms with van der Waals surface area (Å²) in [6.45, 7) is 4.75. The van der Waals surface area contributed by atoms with Crippen molar-refractivity contribution in [2.75, 3.05) is 0 Å². The molecule has 0 unspecified atom stereocenters. The molecule has 1 aromatic carbocycles. The minimum Gasteiger partial charge on any atom is -0.358 e. The molecule has 0 aliphatic rings. The lowest BCUT2D eigenvalue weighted by atomic mass is 10.1. The summed E-state index contributed by atoms with van der Waals surface area (Å²) >= 11 is 0. The van der Waals surface area contributed by atoms with Crippen molar-refractivity contribution in [3.63, 3.8) is 0 Å². The maximum Gasteiger partial charge on any atom is 0.269 e. The Hall–Kier alpha value is -3.28. The number of aromatic amines is 2. The van der Waals surface area contributed by atoms with Crippen LogP contribution in [0, 0.1) is 6.92 Å². The molecule has 0 saturated carbocycles. The van der Waals surface area contributed by atoms with Gasteiger partial charge in [-0.25, -0.2) is 0 Å². The normalized spacial score (nSPS) is 11.2. The van der Waals surface area contributed by atoms with Crippen molar-refractivity contribution < 1.29 is 4.79 Å². The van der Waals surface area contributed by atoms with Crippen LogP contribution in [-0.2, 0) is 20.0 Å². The number of hydrogen-bond donors (Lipinski definition) is 3. The maximum absolute atomic E-state index is 12.5. The molecule has 0 aliphatic heterocycles. The molecule has 27 heavy (non-hydrogen) atoms. The lowest BCUT2D eigenvalue weighted by Crippen LogP contribution is -2.23. The second-order valence-corrected chi connectivity index (χ2v) is 6.82. The average molecular weight is 361 g/mol. The summed E-state index contributed by atoms with van der Waals surface area (Å²) in [7, 11) is 1.95. The highest BCUT2D eigenvalue weighted by atomic mass is 16.1. The zero-order chi connectivity index (χ0) is 19.0. The lowest BCUT2D eigenvalue weighted by molar-refractivity contribution is 0.0946. The van der Waals surface area contributed by atoms with Crippen molar-refractivity contribution in [1.29, 1.82) is 0 Å². The Labute approximate surface area is 157 Å². The Balaban J connectivity index is 1.48. The van der Waals surface area contributed by atoms with Gasteiger partial charge in [-0.15, -0.1) is 0 Å². The van der Waals surface area contributed by atoms with E-state index in [-0.39, 0.29) is 5.91 Å². The molecule has 3 heterocycles. The zero-order valence-corrected chi connectivity index (χ0v) is 15.8. The molecule has 4 aromatic rings. The highest BCUT2D eigenvalue weighted by molar-refractivity contribution is 5.93. The topological polar surface area (TPSA) is 78.5 Å². The van der Waals surface area contributed by atoms with E-state index < -0.39 is 0 Å². The quantitative estimate of drug-likeness (QED) is 0.507. The van der Waals surface area contributed by atoms with Crippen LogP contribution >= 0.6 is 0 Å². The van der Waals surface area contributed by atoms with Crippen molar-refractivity contribution in [2.45, 2.75) is 26.8 Å². The molecule has 6 heteroatoms. The molecular formula is C21H23N5O. The van der Waals surface area contributed by atoms with Crippen molar-refractivity contribution in [2.24, 2.45) is 7.05 Å². The number of benzene rings is 1. The number of nitrogens with one attached hydrogen (secondary N) is 3. The third-order valence-electron chi connectivity index (χ3n) is 5.06. The van der Waals surface area contributed by atoms with Gasteiger partial charge in [0.15, 0.2) is 0 Å². The fraction of sp³-hybridized carbons (Fsp3) is 0.238. The van der Waals surface area contributed by atoms with Crippen LogP contribution in [0.4, 0.5) is 0 Å². The van der Waals surface area contributed by atoms with Crippen LogP contribution in [0.3, 0.4) is 0 Å². The van der Waals surface area contributed by atoms with Gasteiger partial charge in [0.25, 0.3) is 5.91 Å². The smallest absolute Gasteiger partial charge is 0.269 e. The molecule has 0 spiro atoms. The standard InChI is InChI=1S/C21H23N5O/c1-4-16-13(2)15-10-14(7-8-17(15)23-16)12-22-21(27)19-11-18(24-25-19)20-6-5-9-26(20)3/h5-11,23H,4,12H2,1-3H3,(H,22,27)(H,24,25). The second kappa shape index (κ2) is 6.79. The van der Waals surface area contributed by atoms with Gasteiger partial charge < -0.3 is 14.9 Å². The van der Waals surface area contributed by atoms with Crippen LogP contribution in [0.2, 0.25) is 0 Å². The van der Waals surface area contributed by atoms with Gasteiger partial charge >= 0.3 is 0 Å². The number of rotatable bonds is 5. The van der Waals surface area contributed by atoms with Crippen molar-refractivity contribution in [1.82, 2.24) is 25.1 Å². The predicted molar refractivity (Wildman–Crippen MR) is 107 cm³/mol. The first kappa shape index (κ1) is 17.1. The van der Waals surface area contributed by atoms with Crippen molar-refractivity contribution in [3.05, 3.63) is 65.1 Å². The first-order chi connectivity index (χ1) is 13.1. The number of carbonyl (C=O) groups is 1. The van der Waals surface area contributed by atoms with E-state index in [4.69, 9.17) is 0 Å². The van der Waals surface area contributed by atoms with Gasteiger partial charge in [-0.3, -0.25) is 9.89 Å². The molecule has 0 bridgehead atoms. The fourth-order valence-electron chi connectivity index (χ4n) is 3.47. The summed E-state index contributed by atoms with van der Waals surface area (Å²) < 4.78 is 1.97. The minimum absolute atomic E-state index is 0.164. The molecule has 6 nitrogen and oxygen atoms in total. The SMILES string of the molecule is CCc1[nH]c2ccc(CNC(=O)c3cc(-c4cccn4C)n[nH]3)cc2c1C. The van der Waals surface area contributed by atoms with E-state index in [2.05, 4.69) is 46.5 Å². The molecule has 4 rings (SSSR count). The summed E-state index contributed by atoms with van der Waals surface area (Å²) in [5.74, 6) is -0.164. The van der Waals surface area contributed by atoms with Crippen LogP contribution in [0.25, 0.3) is 22.3 Å². The predicted octanol–water partition coefficient (Wildman–Crippen LogP) is 3.70. The largest absolute Gasteiger partial charge is 0.358 e. The second-order valence-electron chi connectivity index (χ2n) is 6.82. The van der Waals surface area contributed by atoms with E-state index in [1.807, 2.05) is 36.0 Å². The van der Waals surface area contributed by atoms with E-state index in [0.29, 0.717) is 12.2 Å². The molecular weight excluding hydrogens is 338 g/mol.